The second kappa shape index (κ2) is 10.1. The number of nitrogens with one attached hydrogen (secondary N) is 1. The molecule has 0 atom stereocenters. The number of nitrogens with zero attached hydrogens (tertiary/aromatic N) is 4. The predicted octanol–water partition coefficient (Wildman–Crippen LogP) is 3.74. The number of aryl methyl sites for hydroxylation is 1. The van der Waals surface area contributed by atoms with Gasteiger partial charge in [0.15, 0.2) is 0 Å². The zero-order chi connectivity index (χ0) is 27.0. The highest BCUT2D eigenvalue weighted by Gasteiger charge is 2.19. The minimum Gasteiger partial charge on any atom is -0.352 e. The van der Waals surface area contributed by atoms with Crippen LogP contribution in [0.15, 0.2) is 76.3 Å². The summed E-state index contributed by atoms with van der Waals surface area (Å²) in [5.74, 6) is -0.232. The molecule has 0 saturated carbocycles. The third kappa shape index (κ3) is 4.87. The molecular formula is C29H28FN5O3. The number of aromatic nitrogens is 4. The van der Waals surface area contributed by atoms with Gasteiger partial charge < -0.3 is 5.32 Å². The Hall–Kier alpha value is -4.53. The summed E-state index contributed by atoms with van der Waals surface area (Å²) in [6.07, 6.45) is 0. The number of amides is 1. The smallest absolute Gasteiger partial charge is 0.352 e. The highest BCUT2D eigenvalue weighted by atomic mass is 19.1. The SMILES string of the molecule is Cc1ccc(Cn2c(=O)c3ccc(C(=O)NCC(C)C)cc3n3c(=O)n(Cc4ccc(F)cc4)nc23)cc1. The fraction of sp³-hybridized carbons (Fsp3) is 0.241. The fourth-order valence-electron chi connectivity index (χ4n) is 4.34. The lowest BCUT2D eigenvalue weighted by Gasteiger charge is -2.12. The average Bonchev–Trinajstić information content (AvgIpc) is 3.22. The molecule has 38 heavy (non-hydrogen) atoms. The molecule has 2 aromatic heterocycles. The van der Waals surface area contributed by atoms with Gasteiger partial charge in [-0.05, 0) is 54.3 Å². The lowest BCUT2D eigenvalue weighted by Crippen LogP contribution is -2.29. The van der Waals surface area contributed by atoms with Crippen molar-refractivity contribution < 1.29 is 9.18 Å². The molecule has 3 aromatic carbocycles. The number of hydrogen-bond donors (Lipinski definition) is 1. The molecule has 0 saturated heterocycles. The van der Waals surface area contributed by atoms with Gasteiger partial charge in [-0.25, -0.2) is 18.3 Å². The standard InChI is InChI=1S/C29H28FN5O3/c1-18(2)15-31-26(36)22-10-13-24-25(14-22)35-28(33(27(24)37)16-20-6-4-19(3)5-7-20)32-34(29(35)38)17-21-8-11-23(30)12-9-21/h4-14,18H,15-17H2,1-3H3,(H,31,36). The van der Waals surface area contributed by atoms with Crippen LogP contribution in [-0.4, -0.2) is 31.2 Å². The van der Waals surface area contributed by atoms with Crippen molar-refractivity contribution in [1.82, 2.24) is 24.1 Å². The zero-order valence-electron chi connectivity index (χ0n) is 21.4. The molecule has 194 valence electrons. The molecule has 5 aromatic rings. The maximum Gasteiger partial charge on any atom is 0.352 e. The monoisotopic (exact) mass is 513 g/mol. The van der Waals surface area contributed by atoms with Crippen LogP contribution < -0.4 is 16.6 Å². The normalized spacial score (nSPS) is 11.5. The third-order valence-electron chi connectivity index (χ3n) is 6.42. The first-order chi connectivity index (χ1) is 18.2. The first-order valence-electron chi connectivity index (χ1n) is 12.5. The molecule has 1 amide bonds. The quantitative estimate of drug-likeness (QED) is 0.359. The van der Waals surface area contributed by atoms with Crippen LogP contribution in [0, 0.1) is 18.7 Å². The zero-order valence-corrected chi connectivity index (χ0v) is 21.4. The van der Waals surface area contributed by atoms with E-state index in [0.717, 1.165) is 11.1 Å². The van der Waals surface area contributed by atoms with E-state index < -0.39 is 5.69 Å². The molecule has 0 aliphatic rings. The van der Waals surface area contributed by atoms with Crippen molar-refractivity contribution in [2.45, 2.75) is 33.9 Å². The first-order valence-corrected chi connectivity index (χ1v) is 12.5. The molecule has 0 bridgehead atoms. The molecule has 0 aliphatic heterocycles. The minimum atomic E-state index is -0.466. The van der Waals surface area contributed by atoms with Gasteiger partial charge in [0.25, 0.3) is 11.5 Å². The first kappa shape index (κ1) is 25.1. The van der Waals surface area contributed by atoms with Crippen LogP contribution in [0.1, 0.15) is 40.9 Å². The second-order valence-electron chi connectivity index (χ2n) is 9.91. The van der Waals surface area contributed by atoms with Gasteiger partial charge in [-0.1, -0.05) is 55.8 Å². The van der Waals surface area contributed by atoms with E-state index in [2.05, 4.69) is 10.4 Å². The van der Waals surface area contributed by atoms with Crippen LogP contribution in [0.5, 0.6) is 0 Å². The Morgan fingerprint density at radius 3 is 2.29 bits per heavy atom. The van der Waals surface area contributed by atoms with Crippen molar-refractivity contribution in [3.63, 3.8) is 0 Å². The topological polar surface area (TPSA) is 90.4 Å². The van der Waals surface area contributed by atoms with E-state index in [1.165, 1.54) is 25.8 Å². The Morgan fingerprint density at radius 2 is 1.61 bits per heavy atom. The van der Waals surface area contributed by atoms with Crippen LogP contribution >= 0.6 is 0 Å². The van der Waals surface area contributed by atoms with Crippen LogP contribution in [-0.2, 0) is 13.1 Å². The summed E-state index contributed by atoms with van der Waals surface area (Å²) < 4.78 is 17.5. The van der Waals surface area contributed by atoms with Crippen molar-refractivity contribution >= 4 is 22.6 Å². The van der Waals surface area contributed by atoms with E-state index in [1.807, 2.05) is 45.0 Å². The van der Waals surface area contributed by atoms with Gasteiger partial charge in [-0.2, -0.15) is 0 Å². The molecule has 5 rings (SSSR count). The van der Waals surface area contributed by atoms with E-state index in [-0.39, 0.29) is 42.1 Å². The minimum absolute atomic E-state index is 0.0928. The Morgan fingerprint density at radius 1 is 0.947 bits per heavy atom. The lowest BCUT2D eigenvalue weighted by molar-refractivity contribution is 0.0949. The Labute approximate surface area is 218 Å². The Balaban J connectivity index is 1.71. The molecule has 0 radical (unpaired) electrons. The fourth-order valence-corrected chi connectivity index (χ4v) is 4.34. The molecule has 0 fully saturated rings. The molecule has 0 spiro atoms. The lowest BCUT2D eigenvalue weighted by atomic mass is 10.1. The van der Waals surface area contributed by atoms with Crippen molar-refractivity contribution in [3.05, 3.63) is 116 Å². The third-order valence-corrected chi connectivity index (χ3v) is 6.42. The Bertz CT molecular complexity index is 1760. The molecule has 9 heteroatoms. The van der Waals surface area contributed by atoms with E-state index in [1.54, 1.807) is 30.3 Å². The van der Waals surface area contributed by atoms with Crippen molar-refractivity contribution in [1.29, 1.82) is 0 Å². The summed E-state index contributed by atoms with van der Waals surface area (Å²) in [4.78, 5) is 40.1. The Kier molecular flexibility index (Phi) is 6.67. The summed E-state index contributed by atoms with van der Waals surface area (Å²) in [5, 5.41) is 7.69. The largest absolute Gasteiger partial charge is 0.352 e. The van der Waals surface area contributed by atoms with Gasteiger partial charge in [-0.3, -0.25) is 14.2 Å². The van der Waals surface area contributed by atoms with Crippen LogP contribution in [0.4, 0.5) is 4.39 Å². The molecule has 2 heterocycles. The van der Waals surface area contributed by atoms with Gasteiger partial charge >= 0.3 is 5.69 Å². The molecule has 1 N–H and O–H groups in total. The number of carbonyl (C=O) groups excluding carboxylic acids is 1. The number of carbonyl (C=O) groups is 1. The van der Waals surface area contributed by atoms with Crippen LogP contribution in [0.2, 0.25) is 0 Å². The van der Waals surface area contributed by atoms with Crippen molar-refractivity contribution in [2.75, 3.05) is 6.54 Å². The van der Waals surface area contributed by atoms with Gasteiger partial charge in [0, 0.05) is 12.1 Å². The van der Waals surface area contributed by atoms with Crippen LogP contribution in [0.25, 0.3) is 16.7 Å². The van der Waals surface area contributed by atoms with E-state index in [4.69, 9.17) is 0 Å². The number of hydrogen-bond acceptors (Lipinski definition) is 4. The van der Waals surface area contributed by atoms with E-state index in [9.17, 15) is 18.8 Å². The highest BCUT2D eigenvalue weighted by molar-refractivity contribution is 5.98. The summed E-state index contributed by atoms with van der Waals surface area (Å²) in [6.45, 7) is 6.78. The summed E-state index contributed by atoms with van der Waals surface area (Å²) >= 11 is 0. The highest BCUT2D eigenvalue weighted by Crippen LogP contribution is 2.16. The molecular weight excluding hydrogens is 485 g/mol. The number of halogens is 1. The number of rotatable bonds is 7. The van der Waals surface area contributed by atoms with Gasteiger partial charge in [0.1, 0.15) is 5.82 Å². The number of fused-ring (bicyclic) bond motifs is 3. The predicted molar refractivity (Wildman–Crippen MR) is 144 cm³/mol. The van der Waals surface area contributed by atoms with Crippen molar-refractivity contribution in [2.24, 2.45) is 5.92 Å². The van der Waals surface area contributed by atoms with Crippen molar-refractivity contribution in [3.8, 4) is 0 Å². The maximum absolute atomic E-state index is 13.7. The molecule has 8 nitrogen and oxygen atoms in total. The second-order valence-corrected chi connectivity index (χ2v) is 9.91. The average molecular weight is 514 g/mol. The van der Waals surface area contributed by atoms with E-state index >= 15 is 0 Å². The van der Waals surface area contributed by atoms with Gasteiger partial charge in [0.2, 0.25) is 5.78 Å². The summed E-state index contributed by atoms with van der Waals surface area (Å²) in [6, 6.07) is 18.3. The maximum atomic E-state index is 13.7. The van der Waals surface area contributed by atoms with E-state index in [0.29, 0.717) is 28.6 Å². The summed E-state index contributed by atoms with van der Waals surface area (Å²) in [7, 11) is 0. The van der Waals surface area contributed by atoms with Crippen LogP contribution in [0.3, 0.4) is 0 Å². The van der Waals surface area contributed by atoms with Gasteiger partial charge in [0.05, 0.1) is 24.0 Å². The van der Waals surface area contributed by atoms with Gasteiger partial charge in [-0.15, -0.1) is 5.10 Å². The molecule has 0 aliphatic carbocycles. The molecule has 0 unspecified atom stereocenters. The summed E-state index contributed by atoms with van der Waals surface area (Å²) in [5.41, 5.74) is 2.51. The number of benzene rings is 3.